The number of aromatic hydroxyl groups is 1. The second kappa shape index (κ2) is 8.90. The molecular weight excluding hydrogens is 378 g/mol. The highest BCUT2D eigenvalue weighted by molar-refractivity contribution is 6.09. The monoisotopic (exact) mass is 409 g/mol. The molecule has 0 saturated heterocycles. The molecule has 0 saturated carbocycles. The number of nitrogens with one attached hydrogen (secondary N) is 1. The summed E-state index contributed by atoms with van der Waals surface area (Å²) in [6, 6.07) is 8.66. The summed E-state index contributed by atoms with van der Waals surface area (Å²) >= 11 is 0. The summed E-state index contributed by atoms with van der Waals surface area (Å²) in [6.07, 6.45) is 6.06. The number of carbonyl (C=O) groups is 1. The SMILES string of the molecule is CCCCCCC(C)(C)c1cc(O)c2c(c1)oc(=O)c1ccc(NC(=O)CC)cc12. The highest BCUT2D eigenvalue weighted by Crippen LogP contribution is 2.38. The van der Waals surface area contributed by atoms with Crippen molar-refractivity contribution in [1.82, 2.24) is 0 Å². The second-order valence-electron chi connectivity index (χ2n) is 8.61. The minimum Gasteiger partial charge on any atom is -0.507 e. The molecule has 5 heteroatoms. The molecular formula is C25H31NO4. The maximum absolute atomic E-state index is 12.6. The molecule has 0 radical (unpaired) electrons. The van der Waals surface area contributed by atoms with Crippen LogP contribution < -0.4 is 10.9 Å². The Bertz CT molecular complexity index is 1130. The van der Waals surface area contributed by atoms with Crippen molar-refractivity contribution in [3.05, 3.63) is 46.3 Å². The van der Waals surface area contributed by atoms with E-state index in [1.165, 1.54) is 19.3 Å². The number of hydrogen-bond acceptors (Lipinski definition) is 4. The normalized spacial score (nSPS) is 11.9. The average molecular weight is 410 g/mol. The van der Waals surface area contributed by atoms with E-state index in [1.807, 2.05) is 6.07 Å². The molecule has 0 bridgehead atoms. The van der Waals surface area contributed by atoms with Gasteiger partial charge in [-0.2, -0.15) is 0 Å². The van der Waals surface area contributed by atoms with Gasteiger partial charge in [0.15, 0.2) is 0 Å². The van der Waals surface area contributed by atoms with Crippen molar-refractivity contribution in [2.45, 2.75) is 71.6 Å². The molecule has 0 spiro atoms. The Morgan fingerprint density at radius 2 is 1.83 bits per heavy atom. The molecule has 0 aliphatic rings. The van der Waals surface area contributed by atoms with Crippen LogP contribution in [0.3, 0.4) is 0 Å². The molecule has 0 aliphatic heterocycles. The fourth-order valence-electron chi connectivity index (χ4n) is 3.89. The van der Waals surface area contributed by atoms with E-state index in [0.29, 0.717) is 33.8 Å². The molecule has 0 fully saturated rings. The fraction of sp³-hybridized carbons (Fsp3) is 0.440. The highest BCUT2D eigenvalue weighted by Gasteiger charge is 2.23. The molecule has 1 aromatic heterocycles. The quantitative estimate of drug-likeness (QED) is 0.262. The third-order valence-corrected chi connectivity index (χ3v) is 5.83. The smallest absolute Gasteiger partial charge is 0.344 e. The summed E-state index contributed by atoms with van der Waals surface area (Å²) < 4.78 is 5.57. The lowest BCUT2D eigenvalue weighted by molar-refractivity contribution is -0.115. The van der Waals surface area contributed by atoms with Gasteiger partial charge in [0.05, 0.1) is 10.8 Å². The summed E-state index contributed by atoms with van der Waals surface area (Å²) in [6.45, 7) is 8.27. The van der Waals surface area contributed by atoms with Crippen molar-refractivity contribution in [1.29, 1.82) is 0 Å². The van der Waals surface area contributed by atoms with Gasteiger partial charge in [-0.15, -0.1) is 0 Å². The van der Waals surface area contributed by atoms with Crippen molar-refractivity contribution in [3.8, 4) is 5.75 Å². The summed E-state index contributed by atoms with van der Waals surface area (Å²) in [7, 11) is 0. The predicted molar refractivity (Wildman–Crippen MR) is 122 cm³/mol. The van der Waals surface area contributed by atoms with E-state index in [-0.39, 0.29) is 17.1 Å². The number of carbonyl (C=O) groups excluding carboxylic acids is 1. The average Bonchev–Trinajstić information content (AvgIpc) is 2.70. The first-order valence-electron chi connectivity index (χ1n) is 10.8. The summed E-state index contributed by atoms with van der Waals surface area (Å²) in [5, 5.41) is 15.1. The van der Waals surface area contributed by atoms with Gasteiger partial charge in [0, 0.05) is 17.5 Å². The summed E-state index contributed by atoms with van der Waals surface area (Å²) in [5.41, 5.74) is 1.29. The molecule has 30 heavy (non-hydrogen) atoms. The van der Waals surface area contributed by atoms with Gasteiger partial charge in [0.1, 0.15) is 11.3 Å². The van der Waals surface area contributed by atoms with Gasteiger partial charge < -0.3 is 14.8 Å². The van der Waals surface area contributed by atoms with Gasteiger partial charge in [0.2, 0.25) is 5.91 Å². The molecule has 3 aromatic rings. The van der Waals surface area contributed by atoms with Crippen LogP contribution in [0.15, 0.2) is 39.5 Å². The number of amides is 1. The predicted octanol–water partition coefficient (Wildman–Crippen LogP) is 6.25. The molecule has 5 nitrogen and oxygen atoms in total. The van der Waals surface area contributed by atoms with Gasteiger partial charge in [-0.05, 0) is 47.7 Å². The van der Waals surface area contributed by atoms with Crippen LogP contribution in [-0.2, 0) is 10.2 Å². The number of fused-ring (bicyclic) bond motifs is 3. The number of anilines is 1. The standard InChI is InChI=1S/C25H31NO4/c1-5-7-8-9-12-25(3,4)16-13-20(27)23-19-15-17(26-22(28)6-2)10-11-18(19)24(29)30-21(23)14-16/h10-11,13-15,27H,5-9,12H2,1-4H3,(H,26,28). The van der Waals surface area contributed by atoms with Crippen LogP contribution >= 0.6 is 0 Å². The zero-order valence-electron chi connectivity index (χ0n) is 18.3. The van der Waals surface area contributed by atoms with E-state index in [2.05, 4.69) is 26.1 Å². The zero-order chi connectivity index (χ0) is 21.9. The number of benzene rings is 2. The fourth-order valence-corrected chi connectivity index (χ4v) is 3.89. The highest BCUT2D eigenvalue weighted by atomic mass is 16.4. The van der Waals surface area contributed by atoms with Crippen molar-refractivity contribution < 1.29 is 14.3 Å². The van der Waals surface area contributed by atoms with Crippen LogP contribution in [0.2, 0.25) is 0 Å². The van der Waals surface area contributed by atoms with E-state index in [1.54, 1.807) is 31.2 Å². The Kier molecular flexibility index (Phi) is 6.49. The summed E-state index contributed by atoms with van der Waals surface area (Å²) in [5.74, 6) is -0.0326. The summed E-state index contributed by atoms with van der Waals surface area (Å²) in [4.78, 5) is 24.3. The van der Waals surface area contributed by atoms with Gasteiger partial charge in [-0.1, -0.05) is 53.4 Å². The lowest BCUT2D eigenvalue weighted by atomic mass is 9.79. The van der Waals surface area contributed by atoms with Gasteiger partial charge in [-0.3, -0.25) is 4.79 Å². The molecule has 160 valence electrons. The molecule has 2 N–H and O–H groups in total. The number of rotatable bonds is 8. The van der Waals surface area contributed by atoms with Gasteiger partial charge >= 0.3 is 5.63 Å². The minimum absolute atomic E-state index is 0.0804. The van der Waals surface area contributed by atoms with E-state index < -0.39 is 5.63 Å². The lowest BCUT2D eigenvalue weighted by Crippen LogP contribution is -2.17. The van der Waals surface area contributed by atoms with Gasteiger partial charge in [-0.25, -0.2) is 4.79 Å². The number of phenols is 1. The molecule has 0 unspecified atom stereocenters. The number of unbranched alkanes of at least 4 members (excludes halogenated alkanes) is 3. The minimum atomic E-state index is -0.455. The Balaban J connectivity index is 2.09. The maximum atomic E-state index is 12.6. The third-order valence-electron chi connectivity index (χ3n) is 5.83. The molecule has 2 aromatic carbocycles. The van der Waals surface area contributed by atoms with Crippen molar-refractivity contribution in [3.63, 3.8) is 0 Å². The molecule has 0 atom stereocenters. The van der Waals surface area contributed by atoms with Crippen LogP contribution in [0.1, 0.15) is 71.8 Å². The Labute approximate surface area is 177 Å². The van der Waals surface area contributed by atoms with E-state index in [9.17, 15) is 14.7 Å². The van der Waals surface area contributed by atoms with Crippen LogP contribution in [0, 0.1) is 0 Å². The van der Waals surface area contributed by atoms with Crippen LogP contribution in [0.5, 0.6) is 5.75 Å². The topological polar surface area (TPSA) is 79.5 Å². The van der Waals surface area contributed by atoms with Crippen LogP contribution in [0.25, 0.3) is 21.7 Å². The zero-order valence-corrected chi connectivity index (χ0v) is 18.3. The molecule has 1 amide bonds. The first-order chi connectivity index (χ1) is 14.3. The lowest BCUT2D eigenvalue weighted by Gasteiger charge is -2.26. The Morgan fingerprint density at radius 1 is 1.07 bits per heavy atom. The van der Waals surface area contributed by atoms with Crippen LogP contribution in [-0.4, -0.2) is 11.0 Å². The van der Waals surface area contributed by atoms with E-state index in [0.717, 1.165) is 18.4 Å². The first kappa shape index (κ1) is 21.9. The Morgan fingerprint density at radius 3 is 2.53 bits per heavy atom. The first-order valence-corrected chi connectivity index (χ1v) is 10.8. The molecule has 3 rings (SSSR count). The van der Waals surface area contributed by atoms with E-state index >= 15 is 0 Å². The van der Waals surface area contributed by atoms with Crippen molar-refractivity contribution >= 4 is 33.3 Å². The maximum Gasteiger partial charge on any atom is 0.344 e. The Hall–Kier alpha value is -2.82. The number of phenolic OH excluding ortho intramolecular Hbond substituents is 1. The van der Waals surface area contributed by atoms with Crippen molar-refractivity contribution in [2.24, 2.45) is 0 Å². The van der Waals surface area contributed by atoms with Gasteiger partial charge in [0.25, 0.3) is 0 Å². The largest absolute Gasteiger partial charge is 0.507 e. The molecule has 0 aliphatic carbocycles. The van der Waals surface area contributed by atoms with Crippen LogP contribution in [0.4, 0.5) is 5.69 Å². The van der Waals surface area contributed by atoms with Crippen molar-refractivity contribution in [2.75, 3.05) is 5.32 Å². The van der Waals surface area contributed by atoms with E-state index in [4.69, 9.17) is 4.42 Å². The number of hydrogen-bond donors (Lipinski definition) is 2. The third kappa shape index (κ3) is 4.50. The molecule has 1 heterocycles. The second-order valence-corrected chi connectivity index (χ2v) is 8.61.